The molecule has 1 aromatic heterocycles. The van der Waals surface area contributed by atoms with Crippen LogP contribution in [0.15, 0.2) is 44.3 Å². The maximum absolute atomic E-state index is 12.0. The fourth-order valence-electron chi connectivity index (χ4n) is 1.34. The van der Waals surface area contributed by atoms with E-state index in [1.807, 2.05) is 0 Å². The first-order valence-electron chi connectivity index (χ1n) is 5.10. The minimum absolute atomic E-state index is 0.228. The molecule has 2 aromatic rings. The number of benzene rings is 1. The molecule has 0 aliphatic carbocycles. The first kappa shape index (κ1) is 14.9. The van der Waals surface area contributed by atoms with Crippen molar-refractivity contribution < 1.29 is 22.7 Å². The standard InChI is InChI=1S/C11H7BrClNO5S/c12-7-2-1-6(5-8(7)13)14-20(17,18)10-4-3-9(19-10)11(15)16/h1-5,14H,(H,15,16). The molecule has 9 heteroatoms. The third kappa shape index (κ3) is 3.14. The molecule has 0 aliphatic rings. The van der Waals surface area contributed by atoms with E-state index in [1.165, 1.54) is 12.1 Å². The number of furan rings is 1. The van der Waals surface area contributed by atoms with Gasteiger partial charge < -0.3 is 9.52 Å². The number of carboxylic acids is 1. The van der Waals surface area contributed by atoms with Crippen molar-refractivity contribution in [3.05, 3.63) is 45.6 Å². The Morgan fingerprint density at radius 2 is 2.00 bits per heavy atom. The van der Waals surface area contributed by atoms with Crippen LogP contribution in [0.5, 0.6) is 0 Å². The van der Waals surface area contributed by atoms with Crippen LogP contribution in [0.1, 0.15) is 10.6 Å². The van der Waals surface area contributed by atoms with Gasteiger partial charge in [-0.3, -0.25) is 4.72 Å². The molecule has 1 heterocycles. The normalized spacial score (nSPS) is 11.3. The van der Waals surface area contributed by atoms with Crippen LogP contribution >= 0.6 is 27.5 Å². The summed E-state index contributed by atoms with van der Waals surface area (Å²) in [6.07, 6.45) is 0. The number of carboxylic acid groups (broad SMARTS) is 1. The van der Waals surface area contributed by atoms with Gasteiger partial charge in [-0.2, -0.15) is 8.42 Å². The number of aromatic carboxylic acids is 1. The molecule has 0 bridgehead atoms. The number of hydrogen-bond donors (Lipinski definition) is 2. The van der Waals surface area contributed by atoms with Crippen molar-refractivity contribution in [2.24, 2.45) is 0 Å². The molecule has 1 aromatic carbocycles. The maximum atomic E-state index is 12.0. The second-order valence-corrected chi connectivity index (χ2v) is 6.53. The number of sulfonamides is 1. The Morgan fingerprint density at radius 3 is 2.55 bits per heavy atom. The lowest BCUT2D eigenvalue weighted by Gasteiger charge is -2.06. The van der Waals surface area contributed by atoms with Gasteiger partial charge in [0.1, 0.15) is 0 Å². The van der Waals surface area contributed by atoms with E-state index in [0.29, 0.717) is 9.50 Å². The van der Waals surface area contributed by atoms with Gasteiger partial charge in [0.2, 0.25) is 10.9 Å². The molecular weight excluding hydrogens is 374 g/mol. The average Bonchev–Trinajstić information content (AvgIpc) is 2.84. The maximum Gasteiger partial charge on any atom is 0.371 e. The lowest BCUT2D eigenvalue weighted by molar-refractivity contribution is 0.0656. The summed E-state index contributed by atoms with van der Waals surface area (Å²) in [5, 5.41) is 8.53. The highest BCUT2D eigenvalue weighted by Crippen LogP contribution is 2.27. The monoisotopic (exact) mass is 379 g/mol. The number of halogens is 2. The average molecular weight is 381 g/mol. The van der Waals surface area contributed by atoms with Crippen molar-refractivity contribution in [3.63, 3.8) is 0 Å². The second-order valence-electron chi connectivity index (χ2n) is 3.66. The minimum Gasteiger partial charge on any atom is -0.475 e. The Labute approximate surface area is 127 Å². The van der Waals surface area contributed by atoms with Gasteiger partial charge in [-0.1, -0.05) is 11.6 Å². The minimum atomic E-state index is -4.01. The van der Waals surface area contributed by atoms with E-state index in [0.717, 1.165) is 12.1 Å². The summed E-state index contributed by atoms with van der Waals surface area (Å²) in [7, 11) is -4.01. The molecule has 2 N–H and O–H groups in total. The van der Waals surface area contributed by atoms with Gasteiger partial charge >= 0.3 is 5.97 Å². The Bertz CT molecular complexity index is 771. The van der Waals surface area contributed by atoms with E-state index in [2.05, 4.69) is 20.7 Å². The van der Waals surface area contributed by atoms with E-state index in [1.54, 1.807) is 6.07 Å². The quantitative estimate of drug-likeness (QED) is 0.849. The van der Waals surface area contributed by atoms with Gasteiger partial charge in [0.25, 0.3) is 10.0 Å². The first-order valence-corrected chi connectivity index (χ1v) is 7.76. The number of carbonyl (C=O) groups is 1. The molecule has 0 saturated heterocycles. The van der Waals surface area contributed by atoms with E-state index in [4.69, 9.17) is 21.1 Å². The van der Waals surface area contributed by atoms with Crippen LogP contribution in [-0.2, 0) is 10.0 Å². The van der Waals surface area contributed by atoms with Gasteiger partial charge in [0.05, 0.1) is 10.7 Å². The van der Waals surface area contributed by atoms with Gasteiger partial charge in [0, 0.05) is 4.47 Å². The van der Waals surface area contributed by atoms with E-state index >= 15 is 0 Å². The summed E-state index contributed by atoms with van der Waals surface area (Å²) in [6, 6.07) is 6.60. The van der Waals surface area contributed by atoms with Crippen molar-refractivity contribution >= 4 is 49.2 Å². The number of nitrogens with one attached hydrogen (secondary N) is 1. The SMILES string of the molecule is O=C(O)c1ccc(S(=O)(=O)Nc2ccc(Br)c(Cl)c2)o1. The van der Waals surface area contributed by atoms with Crippen molar-refractivity contribution in [2.45, 2.75) is 5.09 Å². The highest BCUT2D eigenvalue weighted by molar-refractivity contribution is 9.10. The number of anilines is 1. The number of hydrogen-bond acceptors (Lipinski definition) is 4. The van der Waals surface area contributed by atoms with Crippen LogP contribution in [-0.4, -0.2) is 19.5 Å². The molecule has 0 fully saturated rings. The molecule has 0 spiro atoms. The van der Waals surface area contributed by atoms with Crippen molar-refractivity contribution in [3.8, 4) is 0 Å². The van der Waals surface area contributed by atoms with E-state index in [9.17, 15) is 13.2 Å². The van der Waals surface area contributed by atoms with E-state index in [-0.39, 0.29) is 5.69 Å². The molecule has 0 saturated carbocycles. The Balaban J connectivity index is 2.30. The van der Waals surface area contributed by atoms with Crippen LogP contribution in [0, 0.1) is 0 Å². The topological polar surface area (TPSA) is 96.6 Å². The summed E-state index contributed by atoms with van der Waals surface area (Å²) in [4.78, 5) is 10.7. The zero-order valence-corrected chi connectivity index (χ0v) is 12.8. The van der Waals surface area contributed by atoms with Gasteiger partial charge in [0.15, 0.2) is 0 Å². The molecule has 0 aliphatic heterocycles. The van der Waals surface area contributed by atoms with Crippen molar-refractivity contribution in [2.75, 3.05) is 4.72 Å². The highest BCUT2D eigenvalue weighted by Gasteiger charge is 2.21. The van der Waals surface area contributed by atoms with Crippen molar-refractivity contribution in [1.82, 2.24) is 0 Å². The summed E-state index contributed by atoms with van der Waals surface area (Å²) in [5.74, 6) is -1.81. The summed E-state index contributed by atoms with van der Waals surface area (Å²) in [6.45, 7) is 0. The molecule has 0 atom stereocenters. The molecular formula is C11H7BrClNO5S. The fourth-order valence-corrected chi connectivity index (χ4v) is 2.76. The second kappa shape index (κ2) is 5.47. The zero-order chi connectivity index (χ0) is 14.9. The molecule has 0 amide bonds. The molecule has 20 heavy (non-hydrogen) atoms. The summed E-state index contributed by atoms with van der Waals surface area (Å²) < 4.78 is 31.6. The highest BCUT2D eigenvalue weighted by atomic mass is 79.9. The van der Waals surface area contributed by atoms with Gasteiger partial charge in [-0.25, -0.2) is 4.79 Å². The molecule has 106 valence electrons. The van der Waals surface area contributed by atoms with Crippen LogP contribution in [0.2, 0.25) is 5.02 Å². The molecule has 0 radical (unpaired) electrons. The Hall–Kier alpha value is -1.51. The summed E-state index contributed by atoms with van der Waals surface area (Å²) >= 11 is 9.03. The largest absolute Gasteiger partial charge is 0.475 e. The lowest BCUT2D eigenvalue weighted by Crippen LogP contribution is -2.12. The van der Waals surface area contributed by atoms with Crippen LogP contribution in [0.25, 0.3) is 0 Å². The fraction of sp³-hybridized carbons (Fsp3) is 0. The predicted octanol–water partition coefficient (Wildman–Crippen LogP) is 3.19. The van der Waals surface area contributed by atoms with Gasteiger partial charge in [-0.15, -0.1) is 0 Å². The molecule has 2 rings (SSSR count). The van der Waals surface area contributed by atoms with Crippen molar-refractivity contribution in [1.29, 1.82) is 0 Å². The van der Waals surface area contributed by atoms with Crippen LogP contribution < -0.4 is 4.72 Å². The summed E-state index contributed by atoms with van der Waals surface area (Å²) in [5.41, 5.74) is 0.228. The smallest absolute Gasteiger partial charge is 0.371 e. The molecule has 6 nitrogen and oxygen atoms in total. The van der Waals surface area contributed by atoms with Gasteiger partial charge in [-0.05, 0) is 46.3 Å². The van der Waals surface area contributed by atoms with E-state index < -0.39 is 26.8 Å². The third-order valence-corrected chi connectivity index (χ3v) is 4.71. The molecule has 0 unspecified atom stereocenters. The van der Waals surface area contributed by atoms with Crippen LogP contribution in [0.4, 0.5) is 5.69 Å². The lowest BCUT2D eigenvalue weighted by atomic mass is 10.3. The van der Waals surface area contributed by atoms with Crippen LogP contribution in [0.3, 0.4) is 0 Å². The third-order valence-electron chi connectivity index (χ3n) is 2.23. The number of rotatable bonds is 4. The Kier molecular flexibility index (Phi) is 4.07. The Morgan fingerprint density at radius 1 is 1.30 bits per heavy atom. The zero-order valence-electron chi connectivity index (χ0n) is 9.63. The first-order chi connectivity index (χ1) is 9.29. The predicted molar refractivity (Wildman–Crippen MR) is 75.6 cm³/mol.